The van der Waals surface area contributed by atoms with E-state index in [0.29, 0.717) is 12.1 Å². The van der Waals surface area contributed by atoms with Crippen molar-refractivity contribution in [2.45, 2.75) is 77.3 Å². The Morgan fingerprint density at radius 1 is 0.731 bits per heavy atom. The molecule has 0 bridgehead atoms. The first-order valence-corrected chi connectivity index (χ1v) is 10.2. The summed E-state index contributed by atoms with van der Waals surface area (Å²) in [5, 5.41) is 7.48. The normalized spacial score (nSPS) is 18.4. The van der Waals surface area contributed by atoms with Crippen molar-refractivity contribution < 1.29 is 0 Å². The molecule has 138 valence electrons. The molecule has 1 aromatic heterocycles. The summed E-state index contributed by atoms with van der Waals surface area (Å²) in [6.45, 7) is 4.13. The Hall–Kier alpha value is -2.10. The van der Waals surface area contributed by atoms with Gasteiger partial charge in [-0.1, -0.05) is 55.5 Å². The van der Waals surface area contributed by atoms with Gasteiger partial charge in [0.15, 0.2) is 0 Å². The first kappa shape index (κ1) is 17.3. The van der Waals surface area contributed by atoms with Crippen LogP contribution < -0.4 is 10.6 Å². The SMILES string of the molecule is Cc1ccc(-c2c(NC3CCCC3)nc(C)nc2NC2CCCC2)cc1. The zero-order chi connectivity index (χ0) is 17.9. The molecule has 1 heterocycles. The predicted molar refractivity (Wildman–Crippen MR) is 109 cm³/mol. The van der Waals surface area contributed by atoms with E-state index in [1.807, 2.05) is 6.92 Å². The van der Waals surface area contributed by atoms with Crippen LogP contribution in [-0.4, -0.2) is 22.1 Å². The number of hydrogen-bond donors (Lipinski definition) is 2. The van der Waals surface area contributed by atoms with Gasteiger partial charge in [-0.15, -0.1) is 0 Å². The number of nitrogens with one attached hydrogen (secondary N) is 2. The molecule has 0 unspecified atom stereocenters. The fraction of sp³-hybridized carbons (Fsp3) is 0.545. The highest BCUT2D eigenvalue weighted by molar-refractivity contribution is 5.85. The van der Waals surface area contributed by atoms with E-state index in [2.05, 4.69) is 41.8 Å². The third kappa shape index (κ3) is 3.84. The van der Waals surface area contributed by atoms with E-state index in [0.717, 1.165) is 23.0 Å². The molecule has 2 fully saturated rings. The third-order valence-electron chi connectivity index (χ3n) is 5.75. The van der Waals surface area contributed by atoms with Crippen molar-refractivity contribution in [1.82, 2.24) is 9.97 Å². The van der Waals surface area contributed by atoms with E-state index >= 15 is 0 Å². The van der Waals surface area contributed by atoms with Crippen molar-refractivity contribution in [3.63, 3.8) is 0 Å². The van der Waals surface area contributed by atoms with Crippen molar-refractivity contribution >= 4 is 11.6 Å². The second kappa shape index (κ2) is 7.65. The fourth-order valence-electron chi connectivity index (χ4n) is 4.30. The molecule has 4 nitrogen and oxygen atoms in total. The zero-order valence-electron chi connectivity index (χ0n) is 16.0. The number of nitrogens with zero attached hydrogens (tertiary/aromatic N) is 2. The van der Waals surface area contributed by atoms with E-state index in [1.165, 1.54) is 62.5 Å². The Balaban J connectivity index is 1.74. The van der Waals surface area contributed by atoms with Crippen LogP contribution in [0.1, 0.15) is 62.8 Å². The average Bonchev–Trinajstić information content (AvgIpc) is 3.30. The van der Waals surface area contributed by atoms with Crippen molar-refractivity contribution in [3.8, 4) is 11.1 Å². The molecule has 0 aliphatic heterocycles. The van der Waals surface area contributed by atoms with Crippen LogP contribution in [0.3, 0.4) is 0 Å². The lowest BCUT2D eigenvalue weighted by molar-refractivity contribution is 0.741. The molecule has 26 heavy (non-hydrogen) atoms. The van der Waals surface area contributed by atoms with Gasteiger partial charge in [-0.05, 0) is 45.1 Å². The van der Waals surface area contributed by atoms with Gasteiger partial charge in [0, 0.05) is 12.1 Å². The molecule has 4 rings (SSSR count). The van der Waals surface area contributed by atoms with Gasteiger partial charge in [-0.25, -0.2) is 9.97 Å². The van der Waals surface area contributed by atoms with Crippen molar-refractivity contribution in [2.24, 2.45) is 0 Å². The number of hydrogen-bond acceptors (Lipinski definition) is 4. The summed E-state index contributed by atoms with van der Waals surface area (Å²) in [4.78, 5) is 9.62. The lowest BCUT2D eigenvalue weighted by Crippen LogP contribution is -2.20. The topological polar surface area (TPSA) is 49.8 Å². The molecular weight excluding hydrogens is 320 g/mol. The second-order valence-electron chi connectivity index (χ2n) is 7.96. The Labute approximate surface area is 156 Å². The van der Waals surface area contributed by atoms with E-state index < -0.39 is 0 Å². The highest BCUT2D eigenvalue weighted by Gasteiger charge is 2.23. The highest BCUT2D eigenvalue weighted by Crippen LogP contribution is 2.36. The van der Waals surface area contributed by atoms with Crippen LogP contribution in [0.15, 0.2) is 24.3 Å². The fourth-order valence-corrected chi connectivity index (χ4v) is 4.30. The molecule has 2 saturated carbocycles. The summed E-state index contributed by atoms with van der Waals surface area (Å²) < 4.78 is 0. The van der Waals surface area contributed by atoms with Crippen LogP contribution in [0.4, 0.5) is 11.6 Å². The standard InChI is InChI=1S/C22H30N4/c1-15-11-13-17(14-12-15)20-21(25-18-7-3-4-8-18)23-16(2)24-22(20)26-19-9-5-6-10-19/h11-14,18-19H,3-10H2,1-2H3,(H2,23,24,25,26). The van der Waals surface area contributed by atoms with Crippen LogP contribution >= 0.6 is 0 Å². The minimum Gasteiger partial charge on any atom is -0.367 e. The van der Waals surface area contributed by atoms with Crippen molar-refractivity contribution in [2.75, 3.05) is 10.6 Å². The molecule has 4 heteroatoms. The molecule has 2 aliphatic carbocycles. The van der Waals surface area contributed by atoms with Crippen LogP contribution in [0.25, 0.3) is 11.1 Å². The van der Waals surface area contributed by atoms with Gasteiger partial charge >= 0.3 is 0 Å². The highest BCUT2D eigenvalue weighted by atomic mass is 15.1. The first-order valence-electron chi connectivity index (χ1n) is 10.2. The molecule has 2 N–H and O–H groups in total. The molecule has 0 spiro atoms. The number of aryl methyl sites for hydroxylation is 2. The van der Waals surface area contributed by atoms with Gasteiger partial charge in [0.25, 0.3) is 0 Å². The summed E-state index contributed by atoms with van der Waals surface area (Å²) in [6.07, 6.45) is 10.2. The van der Waals surface area contributed by atoms with Gasteiger partial charge in [0.05, 0.1) is 5.56 Å². The number of benzene rings is 1. The average molecular weight is 351 g/mol. The molecule has 0 radical (unpaired) electrons. The van der Waals surface area contributed by atoms with E-state index in [4.69, 9.17) is 9.97 Å². The van der Waals surface area contributed by atoms with E-state index in [1.54, 1.807) is 0 Å². The minimum atomic E-state index is 0.535. The van der Waals surface area contributed by atoms with Crippen molar-refractivity contribution in [1.29, 1.82) is 0 Å². The van der Waals surface area contributed by atoms with Gasteiger partial charge in [0.2, 0.25) is 0 Å². The largest absolute Gasteiger partial charge is 0.367 e. The Bertz CT molecular complexity index is 702. The number of anilines is 2. The molecular formula is C22H30N4. The lowest BCUT2D eigenvalue weighted by Gasteiger charge is -2.22. The second-order valence-corrected chi connectivity index (χ2v) is 7.96. The van der Waals surface area contributed by atoms with Crippen molar-refractivity contribution in [3.05, 3.63) is 35.7 Å². The lowest BCUT2D eigenvalue weighted by atomic mass is 10.0. The van der Waals surface area contributed by atoms with Crippen LogP contribution in [0.2, 0.25) is 0 Å². The van der Waals surface area contributed by atoms with Gasteiger partial charge in [-0.3, -0.25) is 0 Å². The van der Waals surface area contributed by atoms with Crippen LogP contribution in [0, 0.1) is 13.8 Å². The monoisotopic (exact) mass is 350 g/mol. The summed E-state index contributed by atoms with van der Waals surface area (Å²) in [6, 6.07) is 9.81. The quantitative estimate of drug-likeness (QED) is 0.751. The molecule has 1 aromatic carbocycles. The Kier molecular flexibility index (Phi) is 5.09. The maximum Gasteiger partial charge on any atom is 0.140 e. The molecule has 2 aliphatic rings. The first-order chi connectivity index (χ1) is 12.7. The maximum absolute atomic E-state index is 4.81. The zero-order valence-corrected chi connectivity index (χ0v) is 16.0. The summed E-state index contributed by atoms with van der Waals surface area (Å²) in [7, 11) is 0. The molecule has 0 atom stereocenters. The van der Waals surface area contributed by atoms with E-state index in [-0.39, 0.29) is 0 Å². The molecule has 2 aromatic rings. The molecule has 0 saturated heterocycles. The number of rotatable bonds is 5. The minimum absolute atomic E-state index is 0.535. The third-order valence-corrected chi connectivity index (χ3v) is 5.75. The Morgan fingerprint density at radius 3 is 1.65 bits per heavy atom. The van der Waals surface area contributed by atoms with E-state index in [9.17, 15) is 0 Å². The number of aromatic nitrogens is 2. The summed E-state index contributed by atoms with van der Waals surface area (Å²) >= 11 is 0. The molecule has 0 amide bonds. The van der Waals surface area contributed by atoms with Gasteiger partial charge < -0.3 is 10.6 Å². The summed E-state index contributed by atoms with van der Waals surface area (Å²) in [5.41, 5.74) is 3.60. The smallest absolute Gasteiger partial charge is 0.140 e. The van der Waals surface area contributed by atoms with Crippen LogP contribution in [0.5, 0.6) is 0 Å². The predicted octanol–water partition coefficient (Wildman–Crippen LogP) is 5.47. The maximum atomic E-state index is 4.81. The van der Waals surface area contributed by atoms with Gasteiger partial charge in [0.1, 0.15) is 17.5 Å². The van der Waals surface area contributed by atoms with Gasteiger partial charge in [-0.2, -0.15) is 0 Å². The Morgan fingerprint density at radius 2 is 1.19 bits per heavy atom. The summed E-state index contributed by atoms with van der Waals surface area (Å²) in [5.74, 6) is 2.82. The van der Waals surface area contributed by atoms with Crippen LogP contribution in [-0.2, 0) is 0 Å².